The van der Waals surface area contributed by atoms with Crippen molar-refractivity contribution in [2.45, 2.75) is 6.92 Å². The first-order chi connectivity index (χ1) is 11.5. The summed E-state index contributed by atoms with van der Waals surface area (Å²) >= 11 is 6.15. The number of anilines is 1. The van der Waals surface area contributed by atoms with Crippen LogP contribution in [0.4, 0.5) is 10.1 Å². The van der Waals surface area contributed by atoms with Gasteiger partial charge in [0.1, 0.15) is 19.0 Å². The molecule has 2 aromatic rings. The van der Waals surface area contributed by atoms with Crippen LogP contribution in [-0.4, -0.2) is 19.1 Å². The summed E-state index contributed by atoms with van der Waals surface area (Å²) in [5.41, 5.74) is 1.92. The molecule has 1 amide bonds. The molecule has 3 rings (SSSR count). The molecule has 0 saturated carbocycles. The Hall–Kier alpha value is -2.53. The first-order valence-corrected chi connectivity index (χ1v) is 7.75. The molecular weight excluding hydrogens is 333 g/mol. The minimum absolute atomic E-state index is 0.366. The zero-order valence-electron chi connectivity index (χ0n) is 12.9. The Labute approximate surface area is 143 Å². The van der Waals surface area contributed by atoms with Gasteiger partial charge in [-0.15, -0.1) is 0 Å². The Bertz CT molecular complexity index is 820. The van der Waals surface area contributed by atoms with Crippen molar-refractivity contribution in [2.75, 3.05) is 18.5 Å². The lowest BCUT2D eigenvalue weighted by Crippen LogP contribution is -2.15. The summed E-state index contributed by atoms with van der Waals surface area (Å²) in [5, 5.41) is 3.07. The van der Waals surface area contributed by atoms with Gasteiger partial charge in [0, 0.05) is 11.8 Å². The molecule has 0 fully saturated rings. The molecule has 0 aromatic heterocycles. The fourth-order valence-electron chi connectivity index (χ4n) is 2.30. The highest BCUT2D eigenvalue weighted by atomic mass is 35.5. The molecule has 24 heavy (non-hydrogen) atoms. The van der Waals surface area contributed by atoms with Crippen LogP contribution < -0.4 is 14.8 Å². The third kappa shape index (κ3) is 3.68. The molecule has 0 saturated heterocycles. The van der Waals surface area contributed by atoms with Crippen molar-refractivity contribution in [3.8, 4) is 11.5 Å². The zero-order chi connectivity index (χ0) is 17.1. The number of carbonyl (C=O) groups is 1. The average molecular weight is 348 g/mol. The number of aryl methyl sites for hydroxylation is 1. The highest BCUT2D eigenvalue weighted by Crippen LogP contribution is 2.38. The molecule has 0 radical (unpaired) electrons. The molecule has 0 spiro atoms. The van der Waals surface area contributed by atoms with E-state index in [1.54, 1.807) is 31.2 Å². The number of fused-ring (bicyclic) bond motifs is 1. The second-order valence-electron chi connectivity index (χ2n) is 5.31. The quantitative estimate of drug-likeness (QED) is 0.846. The van der Waals surface area contributed by atoms with Gasteiger partial charge in [-0.05, 0) is 48.4 Å². The second kappa shape index (κ2) is 6.93. The maximum absolute atomic E-state index is 13.2. The summed E-state index contributed by atoms with van der Waals surface area (Å²) in [6, 6.07) is 7.67. The van der Waals surface area contributed by atoms with Gasteiger partial charge in [-0.25, -0.2) is 4.39 Å². The Morgan fingerprint density at radius 2 is 2.04 bits per heavy atom. The van der Waals surface area contributed by atoms with E-state index in [1.807, 2.05) is 0 Å². The predicted octanol–water partition coefficient (Wildman–Crippen LogP) is 4.21. The third-order valence-electron chi connectivity index (χ3n) is 3.50. The highest BCUT2D eigenvalue weighted by molar-refractivity contribution is 6.32. The van der Waals surface area contributed by atoms with E-state index in [1.165, 1.54) is 18.2 Å². The van der Waals surface area contributed by atoms with Crippen molar-refractivity contribution in [1.29, 1.82) is 0 Å². The number of benzene rings is 2. The molecule has 1 N–H and O–H groups in total. The summed E-state index contributed by atoms with van der Waals surface area (Å²) in [4.78, 5) is 12.0. The number of carbonyl (C=O) groups excluding carboxylic acids is 1. The van der Waals surface area contributed by atoms with Crippen LogP contribution in [0.5, 0.6) is 11.5 Å². The average Bonchev–Trinajstić information content (AvgIpc) is 2.56. The number of ether oxygens (including phenoxy) is 2. The summed E-state index contributed by atoms with van der Waals surface area (Å²) in [7, 11) is 0. The molecule has 0 bridgehead atoms. The van der Waals surface area contributed by atoms with Gasteiger partial charge in [-0.1, -0.05) is 17.7 Å². The predicted molar refractivity (Wildman–Crippen MR) is 91.2 cm³/mol. The maximum Gasteiger partial charge on any atom is 0.248 e. The Kier molecular flexibility index (Phi) is 4.71. The smallest absolute Gasteiger partial charge is 0.248 e. The van der Waals surface area contributed by atoms with Crippen molar-refractivity contribution in [1.82, 2.24) is 0 Å². The minimum atomic E-state index is -0.404. The summed E-state index contributed by atoms with van der Waals surface area (Å²) < 4.78 is 24.2. The van der Waals surface area contributed by atoms with Crippen LogP contribution in [0.15, 0.2) is 36.4 Å². The lowest BCUT2D eigenvalue weighted by molar-refractivity contribution is -0.111. The standard InChI is InChI=1S/C18H15ClFNO3/c1-11-2-4-13(20)10-15(11)21-17(22)5-3-12-8-14(19)18-16(9-12)23-6-7-24-18/h2-5,8-10H,6-7H2,1H3,(H,21,22). The van der Waals surface area contributed by atoms with Crippen LogP contribution in [0.3, 0.4) is 0 Å². The Morgan fingerprint density at radius 1 is 1.25 bits per heavy atom. The van der Waals surface area contributed by atoms with Crippen LogP contribution in [-0.2, 0) is 4.79 Å². The molecule has 0 unspecified atom stereocenters. The van der Waals surface area contributed by atoms with E-state index in [2.05, 4.69) is 5.32 Å². The first-order valence-electron chi connectivity index (χ1n) is 7.37. The monoisotopic (exact) mass is 347 g/mol. The molecule has 0 atom stereocenters. The molecule has 6 heteroatoms. The SMILES string of the molecule is Cc1ccc(F)cc1NC(=O)C=Cc1cc(Cl)c2c(c1)OCCO2. The minimum Gasteiger partial charge on any atom is -0.486 e. The van der Waals surface area contributed by atoms with Crippen LogP contribution in [0.2, 0.25) is 5.02 Å². The van der Waals surface area contributed by atoms with Gasteiger partial charge < -0.3 is 14.8 Å². The van der Waals surface area contributed by atoms with Crippen LogP contribution in [0, 0.1) is 12.7 Å². The molecule has 1 heterocycles. The molecule has 4 nitrogen and oxygen atoms in total. The van der Waals surface area contributed by atoms with Crippen molar-refractivity contribution in [2.24, 2.45) is 0 Å². The summed E-state index contributed by atoms with van der Waals surface area (Å²) in [6.07, 6.45) is 2.96. The van der Waals surface area contributed by atoms with E-state index in [0.29, 0.717) is 41.0 Å². The van der Waals surface area contributed by atoms with Crippen molar-refractivity contribution >= 4 is 29.3 Å². The van der Waals surface area contributed by atoms with E-state index >= 15 is 0 Å². The molecule has 1 aliphatic rings. The largest absolute Gasteiger partial charge is 0.486 e. The fraction of sp³-hybridized carbons (Fsp3) is 0.167. The number of hydrogen-bond acceptors (Lipinski definition) is 3. The summed E-state index contributed by atoms with van der Waals surface area (Å²) in [5.74, 6) is 0.294. The van der Waals surface area contributed by atoms with Gasteiger partial charge in [-0.2, -0.15) is 0 Å². The van der Waals surface area contributed by atoms with E-state index in [0.717, 1.165) is 5.56 Å². The zero-order valence-corrected chi connectivity index (χ0v) is 13.7. The Balaban J connectivity index is 1.74. The number of hydrogen-bond donors (Lipinski definition) is 1. The van der Waals surface area contributed by atoms with E-state index in [9.17, 15) is 9.18 Å². The van der Waals surface area contributed by atoms with Crippen molar-refractivity contribution < 1.29 is 18.7 Å². The van der Waals surface area contributed by atoms with Gasteiger partial charge in [-0.3, -0.25) is 4.79 Å². The van der Waals surface area contributed by atoms with Gasteiger partial charge >= 0.3 is 0 Å². The van der Waals surface area contributed by atoms with Gasteiger partial charge in [0.25, 0.3) is 0 Å². The number of nitrogens with one attached hydrogen (secondary N) is 1. The lowest BCUT2D eigenvalue weighted by Gasteiger charge is -2.19. The molecule has 0 aliphatic carbocycles. The first kappa shape index (κ1) is 16.3. The number of amides is 1. The second-order valence-corrected chi connectivity index (χ2v) is 5.72. The number of halogens is 2. The van der Waals surface area contributed by atoms with Crippen LogP contribution in [0.25, 0.3) is 6.08 Å². The molecule has 1 aliphatic heterocycles. The van der Waals surface area contributed by atoms with Crippen molar-refractivity contribution in [3.05, 3.63) is 58.4 Å². The normalized spacial score (nSPS) is 13.1. The molecule has 2 aromatic carbocycles. The van der Waals surface area contributed by atoms with Gasteiger partial charge in [0.2, 0.25) is 5.91 Å². The lowest BCUT2D eigenvalue weighted by atomic mass is 10.1. The topological polar surface area (TPSA) is 47.6 Å². The van der Waals surface area contributed by atoms with Gasteiger partial charge in [0.15, 0.2) is 11.5 Å². The highest BCUT2D eigenvalue weighted by Gasteiger charge is 2.16. The van der Waals surface area contributed by atoms with Crippen molar-refractivity contribution in [3.63, 3.8) is 0 Å². The van der Waals surface area contributed by atoms with E-state index in [4.69, 9.17) is 21.1 Å². The summed E-state index contributed by atoms with van der Waals surface area (Å²) in [6.45, 7) is 2.70. The van der Waals surface area contributed by atoms with E-state index in [-0.39, 0.29) is 5.91 Å². The van der Waals surface area contributed by atoms with E-state index < -0.39 is 5.82 Å². The van der Waals surface area contributed by atoms with Crippen LogP contribution >= 0.6 is 11.6 Å². The molecular formula is C18H15ClFNO3. The maximum atomic E-state index is 13.2. The third-order valence-corrected chi connectivity index (χ3v) is 3.78. The Morgan fingerprint density at radius 3 is 2.88 bits per heavy atom. The van der Waals surface area contributed by atoms with Gasteiger partial charge in [0.05, 0.1) is 5.02 Å². The van der Waals surface area contributed by atoms with Crippen LogP contribution in [0.1, 0.15) is 11.1 Å². The molecule has 124 valence electrons. The fourth-order valence-corrected chi connectivity index (χ4v) is 2.58. The number of rotatable bonds is 3.